The number of rotatable bonds is 5. The van der Waals surface area contributed by atoms with Crippen molar-refractivity contribution in [3.63, 3.8) is 0 Å². The molecule has 4 rings (SSSR count). The van der Waals surface area contributed by atoms with Gasteiger partial charge in [0.15, 0.2) is 0 Å². The Labute approximate surface area is 167 Å². The fourth-order valence-corrected chi connectivity index (χ4v) is 4.74. The van der Waals surface area contributed by atoms with Gasteiger partial charge in [-0.15, -0.1) is 0 Å². The van der Waals surface area contributed by atoms with E-state index < -0.39 is 0 Å². The van der Waals surface area contributed by atoms with Gasteiger partial charge in [0.05, 0.1) is 0 Å². The van der Waals surface area contributed by atoms with Crippen LogP contribution in [0, 0.1) is 0 Å². The first kappa shape index (κ1) is 17.5. The molecule has 0 radical (unpaired) electrons. The normalized spacial score (nSPS) is 10.4. The van der Waals surface area contributed by atoms with Crippen LogP contribution in [-0.4, -0.2) is 15.0 Å². The topological polar surface area (TPSA) is 0 Å². The van der Waals surface area contributed by atoms with E-state index in [0.717, 1.165) is 0 Å². The molecular formula is C26H20Se. The van der Waals surface area contributed by atoms with Crippen molar-refractivity contribution in [1.29, 1.82) is 0 Å². The number of benzene rings is 4. The van der Waals surface area contributed by atoms with Gasteiger partial charge in [0.2, 0.25) is 0 Å². The summed E-state index contributed by atoms with van der Waals surface area (Å²) in [6, 6.07) is 40.8. The van der Waals surface area contributed by atoms with Crippen LogP contribution in [0.5, 0.6) is 0 Å². The van der Waals surface area contributed by atoms with Crippen LogP contribution in [0.4, 0.5) is 0 Å². The van der Waals surface area contributed by atoms with E-state index in [9.17, 15) is 0 Å². The molecule has 4 aromatic carbocycles. The molecule has 0 aromatic heterocycles. The van der Waals surface area contributed by atoms with Gasteiger partial charge in [-0.25, -0.2) is 0 Å². The quantitative estimate of drug-likeness (QED) is 0.366. The van der Waals surface area contributed by atoms with Gasteiger partial charge < -0.3 is 0 Å². The summed E-state index contributed by atoms with van der Waals surface area (Å²) in [5, 5.41) is 0. The van der Waals surface area contributed by atoms with E-state index in [1.807, 2.05) is 0 Å². The molecule has 0 N–H and O–H groups in total. The molecule has 0 atom stereocenters. The maximum absolute atomic E-state index is 2.40. The summed E-state index contributed by atoms with van der Waals surface area (Å²) in [5.41, 5.74) is 6.38. The van der Waals surface area contributed by atoms with Gasteiger partial charge >= 0.3 is 167 Å². The molecule has 0 nitrogen and oxygen atoms in total. The molecule has 1 heteroatoms. The Balaban J connectivity index is 1.60. The Kier molecular flexibility index (Phi) is 5.64. The summed E-state index contributed by atoms with van der Waals surface area (Å²) in [4.78, 5) is 2.40. The second-order valence-electron chi connectivity index (χ2n) is 6.27. The van der Waals surface area contributed by atoms with Crippen molar-refractivity contribution >= 4 is 25.0 Å². The Morgan fingerprint density at radius 1 is 0.481 bits per heavy atom. The third kappa shape index (κ3) is 4.46. The molecule has 0 saturated carbocycles. The fraction of sp³-hybridized carbons (Fsp3) is 0. The second-order valence-corrected chi connectivity index (χ2v) is 8.25. The number of hydrogen-bond acceptors (Lipinski definition) is 0. The number of hydrogen-bond donors (Lipinski definition) is 0. The van der Waals surface area contributed by atoms with E-state index in [1.54, 1.807) is 0 Å². The molecule has 0 bridgehead atoms. The molecule has 0 aliphatic rings. The Morgan fingerprint density at radius 2 is 0.926 bits per heavy atom. The zero-order chi connectivity index (χ0) is 18.3. The molecule has 0 aliphatic carbocycles. The molecule has 4 aromatic rings. The standard InChI is InChI=1S/C26H20Se/c1-4-10-21(11-5-1)22-16-18-25(19-17-22)27-20-26(23-12-6-2-7-13-23)24-14-8-3-9-15-24/h1-20H. The van der Waals surface area contributed by atoms with Crippen molar-refractivity contribution < 1.29 is 0 Å². The maximum atomic E-state index is 2.40. The fourth-order valence-electron chi connectivity index (χ4n) is 3.02. The zero-order valence-electron chi connectivity index (χ0n) is 15.0. The van der Waals surface area contributed by atoms with E-state index in [0.29, 0.717) is 0 Å². The molecule has 27 heavy (non-hydrogen) atoms. The van der Waals surface area contributed by atoms with Crippen LogP contribution >= 0.6 is 0 Å². The molecule has 0 spiro atoms. The van der Waals surface area contributed by atoms with Crippen LogP contribution in [0.2, 0.25) is 0 Å². The van der Waals surface area contributed by atoms with Crippen molar-refractivity contribution in [1.82, 2.24) is 0 Å². The molecule has 0 saturated heterocycles. The molecule has 0 heterocycles. The third-order valence-electron chi connectivity index (χ3n) is 4.44. The third-order valence-corrected chi connectivity index (χ3v) is 6.33. The molecule has 0 unspecified atom stereocenters. The molecule has 130 valence electrons. The first-order chi connectivity index (χ1) is 13.4. The first-order valence-electron chi connectivity index (χ1n) is 9.03. The SMILES string of the molecule is C([Se]c1ccc(-c2ccccc2)cc1)=C(c1ccccc1)c1ccccc1. The van der Waals surface area contributed by atoms with Crippen LogP contribution in [0.1, 0.15) is 11.1 Å². The van der Waals surface area contributed by atoms with E-state index >= 15 is 0 Å². The van der Waals surface area contributed by atoms with Crippen molar-refractivity contribution in [2.45, 2.75) is 0 Å². The van der Waals surface area contributed by atoms with Crippen LogP contribution in [0.25, 0.3) is 16.7 Å². The summed E-state index contributed by atoms with van der Waals surface area (Å²) in [6.45, 7) is 0. The van der Waals surface area contributed by atoms with Crippen molar-refractivity contribution in [2.24, 2.45) is 0 Å². The van der Waals surface area contributed by atoms with E-state index in [1.165, 1.54) is 32.3 Å². The molecule has 0 fully saturated rings. The summed E-state index contributed by atoms with van der Waals surface area (Å²) >= 11 is 0.274. The van der Waals surface area contributed by atoms with Gasteiger partial charge in [0.25, 0.3) is 0 Å². The summed E-state index contributed by atoms with van der Waals surface area (Å²) in [7, 11) is 0. The van der Waals surface area contributed by atoms with Crippen molar-refractivity contribution in [3.05, 3.63) is 131 Å². The Bertz CT molecular complexity index is 961. The van der Waals surface area contributed by atoms with E-state index in [4.69, 9.17) is 0 Å². The first-order valence-corrected chi connectivity index (χ1v) is 10.9. The molecule has 0 aliphatic heterocycles. The molecule has 0 amide bonds. The van der Waals surface area contributed by atoms with E-state index in [2.05, 4.69) is 120 Å². The monoisotopic (exact) mass is 412 g/mol. The predicted molar refractivity (Wildman–Crippen MR) is 117 cm³/mol. The zero-order valence-corrected chi connectivity index (χ0v) is 16.7. The van der Waals surface area contributed by atoms with Gasteiger partial charge in [-0.05, 0) is 0 Å². The van der Waals surface area contributed by atoms with Crippen LogP contribution in [0.3, 0.4) is 0 Å². The Morgan fingerprint density at radius 3 is 1.44 bits per heavy atom. The summed E-state index contributed by atoms with van der Waals surface area (Å²) in [5.74, 6) is 0. The van der Waals surface area contributed by atoms with Crippen molar-refractivity contribution in [2.75, 3.05) is 0 Å². The average molecular weight is 411 g/mol. The summed E-state index contributed by atoms with van der Waals surface area (Å²) in [6.07, 6.45) is 0. The summed E-state index contributed by atoms with van der Waals surface area (Å²) < 4.78 is 1.38. The van der Waals surface area contributed by atoms with Crippen molar-refractivity contribution in [3.8, 4) is 11.1 Å². The van der Waals surface area contributed by atoms with Gasteiger partial charge in [0, 0.05) is 0 Å². The minimum atomic E-state index is 0.274. The Hall–Kier alpha value is -2.86. The van der Waals surface area contributed by atoms with Crippen LogP contribution in [0.15, 0.2) is 120 Å². The van der Waals surface area contributed by atoms with Crippen LogP contribution in [-0.2, 0) is 0 Å². The van der Waals surface area contributed by atoms with Gasteiger partial charge in [-0.2, -0.15) is 0 Å². The molecular weight excluding hydrogens is 391 g/mol. The van der Waals surface area contributed by atoms with E-state index in [-0.39, 0.29) is 15.0 Å². The van der Waals surface area contributed by atoms with Gasteiger partial charge in [0.1, 0.15) is 0 Å². The minimum absolute atomic E-state index is 0.274. The van der Waals surface area contributed by atoms with Gasteiger partial charge in [-0.3, -0.25) is 0 Å². The average Bonchev–Trinajstić information content (AvgIpc) is 2.76. The second kappa shape index (κ2) is 8.68. The van der Waals surface area contributed by atoms with Crippen LogP contribution < -0.4 is 4.46 Å². The van der Waals surface area contributed by atoms with Gasteiger partial charge in [-0.1, -0.05) is 0 Å². The predicted octanol–water partition coefficient (Wildman–Crippen LogP) is 5.77.